The van der Waals surface area contributed by atoms with Crippen LogP contribution >= 0.6 is 11.5 Å². The number of aromatic nitrogens is 3. The smallest absolute Gasteiger partial charge is 0.0550 e. The van der Waals surface area contributed by atoms with E-state index in [2.05, 4.69) is 34.4 Å². The van der Waals surface area contributed by atoms with Gasteiger partial charge in [0.25, 0.3) is 0 Å². The van der Waals surface area contributed by atoms with Gasteiger partial charge in [-0.05, 0) is 37.1 Å². The Morgan fingerprint density at radius 3 is 2.81 bits per heavy atom. The van der Waals surface area contributed by atoms with E-state index in [0.29, 0.717) is 0 Å². The van der Waals surface area contributed by atoms with Crippen LogP contribution in [0.3, 0.4) is 0 Å². The maximum Gasteiger partial charge on any atom is 0.0550 e. The van der Waals surface area contributed by atoms with Crippen molar-refractivity contribution in [2.45, 2.75) is 20.0 Å². The first-order chi connectivity index (χ1) is 7.66. The number of rotatable bonds is 4. The highest BCUT2D eigenvalue weighted by atomic mass is 32.1. The van der Waals surface area contributed by atoms with Crippen LogP contribution < -0.4 is 0 Å². The molecule has 0 aliphatic rings. The van der Waals surface area contributed by atoms with Gasteiger partial charge in [0.1, 0.15) is 0 Å². The summed E-state index contributed by atoms with van der Waals surface area (Å²) < 4.78 is 6.05. The van der Waals surface area contributed by atoms with Gasteiger partial charge in [-0.1, -0.05) is 0 Å². The number of aryl methyl sites for hydroxylation is 2. The lowest BCUT2D eigenvalue weighted by Crippen LogP contribution is -2.19. The molecule has 2 aromatic heterocycles. The monoisotopic (exact) mass is 236 g/mol. The van der Waals surface area contributed by atoms with Gasteiger partial charge in [-0.3, -0.25) is 9.58 Å². The molecule has 0 fully saturated rings. The van der Waals surface area contributed by atoms with Gasteiger partial charge >= 0.3 is 0 Å². The van der Waals surface area contributed by atoms with Crippen molar-refractivity contribution in [3.05, 3.63) is 34.6 Å². The van der Waals surface area contributed by atoms with Crippen molar-refractivity contribution in [3.8, 4) is 0 Å². The zero-order valence-electron chi connectivity index (χ0n) is 9.84. The summed E-state index contributed by atoms with van der Waals surface area (Å²) in [5.74, 6) is 0. The molecule has 0 saturated carbocycles. The Morgan fingerprint density at radius 2 is 2.25 bits per heavy atom. The molecule has 16 heavy (non-hydrogen) atoms. The standard InChI is InChI=1S/C11H16N4S/c1-9-6-12-15(3)11(9)8-14(2)7-10-4-5-13-16-10/h4-6H,7-8H2,1-3H3. The minimum Gasteiger partial charge on any atom is -0.295 e. The van der Waals surface area contributed by atoms with Crippen LogP contribution in [0.2, 0.25) is 0 Å². The van der Waals surface area contributed by atoms with Crippen LogP contribution in [0, 0.1) is 6.92 Å². The first-order valence-corrected chi connectivity index (χ1v) is 5.99. The number of hydrogen-bond acceptors (Lipinski definition) is 4. The highest BCUT2D eigenvalue weighted by Crippen LogP contribution is 2.12. The van der Waals surface area contributed by atoms with E-state index in [9.17, 15) is 0 Å². The highest BCUT2D eigenvalue weighted by molar-refractivity contribution is 7.05. The second-order valence-corrected chi connectivity index (χ2v) is 4.97. The van der Waals surface area contributed by atoms with E-state index in [1.165, 1.54) is 16.1 Å². The Balaban J connectivity index is 2.00. The van der Waals surface area contributed by atoms with Gasteiger partial charge in [0.05, 0.1) is 11.9 Å². The summed E-state index contributed by atoms with van der Waals surface area (Å²) in [7, 11) is 4.11. The van der Waals surface area contributed by atoms with E-state index in [1.807, 2.05) is 24.1 Å². The molecule has 5 heteroatoms. The van der Waals surface area contributed by atoms with Gasteiger partial charge in [0.15, 0.2) is 0 Å². The summed E-state index contributed by atoms with van der Waals surface area (Å²) in [6.45, 7) is 3.96. The van der Waals surface area contributed by atoms with Gasteiger partial charge in [-0.25, -0.2) is 4.37 Å². The van der Waals surface area contributed by atoms with E-state index in [1.54, 1.807) is 11.5 Å². The fraction of sp³-hybridized carbons (Fsp3) is 0.455. The first-order valence-electron chi connectivity index (χ1n) is 5.22. The van der Waals surface area contributed by atoms with Crippen LogP contribution in [0.5, 0.6) is 0 Å². The Labute approximate surface area is 99.7 Å². The van der Waals surface area contributed by atoms with E-state index >= 15 is 0 Å². The van der Waals surface area contributed by atoms with Crippen molar-refractivity contribution in [2.24, 2.45) is 7.05 Å². The largest absolute Gasteiger partial charge is 0.295 e. The summed E-state index contributed by atoms with van der Waals surface area (Å²) in [6, 6.07) is 2.07. The van der Waals surface area contributed by atoms with Gasteiger partial charge < -0.3 is 0 Å². The minimum absolute atomic E-state index is 0.917. The highest BCUT2D eigenvalue weighted by Gasteiger charge is 2.08. The minimum atomic E-state index is 0.917. The topological polar surface area (TPSA) is 34.0 Å². The molecule has 2 aromatic rings. The predicted octanol–water partition coefficient (Wildman–Crippen LogP) is 1.82. The molecule has 0 spiro atoms. The van der Waals surface area contributed by atoms with Gasteiger partial charge in [0, 0.05) is 31.2 Å². The van der Waals surface area contributed by atoms with Gasteiger partial charge in [-0.15, -0.1) is 0 Å². The van der Waals surface area contributed by atoms with Gasteiger partial charge in [0.2, 0.25) is 0 Å². The molecule has 2 rings (SSSR count). The van der Waals surface area contributed by atoms with Crippen molar-refractivity contribution in [1.82, 2.24) is 19.1 Å². The lowest BCUT2D eigenvalue weighted by atomic mass is 10.2. The second-order valence-electron chi connectivity index (χ2n) is 4.05. The predicted molar refractivity (Wildman–Crippen MR) is 65.2 cm³/mol. The van der Waals surface area contributed by atoms with Crippen LogP contribution in [0.25, 0.3) is 0 Å². The molecule has 0 aliphatic carbocycles. The SMILES string of the molecule is Cc1cnn(C)c1CN(C)Cc1ccns1. The molecule has 0 aliphatic heterocycles. The van der Waals surface area contributed by atoms with E-state index in [4.69, 9.17) is 0 Å². The lowest BCUT2D eigenvalue weighted by molar-refractivity contribution is 0.311. The van der Waals surface area contributed by atoms with E-state index < -0.39 is 0 Å². The summed E-state index contributed by atoms with van der Waals surface area (Å²) in [5, 5.41) is 4.25. The third-order valence-electron chi connectivity index (χ3n) is 2.61. The Hall–Kier alpha value is -1.20. The Bertz CT molecular complexity index is 427. The third-order valence-corrected chi connectivity index (χ3v) is 3.33. The molecular formula is C11H16N4S. The molecule has 86 valence electrons. The molecule has 0 unspecified atom stereocenters. The van der Waals surface area contributed by atoms with Crippen LogP contribution in [-0.2, 0) is 20.1 Å². The Morgan fingerprint density at radius 1 is 1.44 bits per heavy atom. The zero-order chi connectivity index (χ0) is 11.5. The second kappa shape index (κ2) is 4.76. The maximum absolute atomic E-state index is 4.25. The first kappa shape index (κ1) is 11.3. The molecule has 0 bridgehead atoms. The Kier molecular flexibility index (Phi) is 3.36. The van der Waals surface area contributed by atoms with Crippen LogP contribution in [0.1, 0.15) is 16.1 Å². The fourth-order valence-corrected chi connectivity index (χ4v) is 2.36. The van der Waals surface area contributed by atoms with Crippen molar-refractivity contribution >= 4 is 11.5 Å². The van der Waals surface area contributed by atoms with Crippen LogP contribution in [0.15, 0.2) is 18.5 Å². The normalized spacial score (nSPS) is 11.2. The third kappa shape index (κ3) is 2.48. The molecule has 0 N–H and O–H groups in total. The van der Waals surface area contributed by atoms with E-state index in [-0.39, 0.29) is 0 Å². The summed E-state index contributed by atoms with van der Waals surface area (Å²) in [5.41, 5.74) is 2.52. The lowest BCUT2D eigenvalue weighted by Gasteiger charge is -2.16. The summed E-state index contributed by atoms with van der Waals surface area (Å²) >= 11 is 1.56. The average molecular weight is 236 g/mol. The molecule has 2 heterocycles. The van der Waals surface area contributed by atoms with E-state index in [0.717, 1.165) is 13.1 Å². The fourth-order valence-electron chi connectivity index (χ4n) is 1.70. The number of hydrogen-bond donors (Lipinski definition) is 0. The average Bonchev–Trinajstić information content (AvgIpc) is 2.83. The quantitative estimate of drug-likeness (QED) is 0.812. The van der Waals surface area contributed by atoms with Crippen molar-refractivity contribution < 1.29 is 0 Å². The summed E-state index contributed by atoms with van der Waals surface area (Å²) in [6.07, 6.45) is 3.76. The number of nitrogens with zero attached hydrogens (tertiary/aromatic N) is 4. The molecule has 0 saturated heterocycles. The van der Waals surface area contributed by atoms with Crippen molar-refractivity contribution in [1.29, 1.82) is 0 Å². The van der Waals surface area contributed by atoms with Crippen LogP contribution in [0.4, 0.5) is 0 Å². The molecule has 0 amide bonds. The molecule has 0 radical (unpaired) electrons. The van der Waals surface area contributed by atoms with Gasteiger partial charge in [-0.2, -0.15) is 5.10 Å². The maximum atomic E-state index is 4.25. The molecule has 0 aromatic carbocycles. The molecule has 0 atom stereocenters. The van der Waals surface area contributed by atoms with Crippen LogP contribution in [-0.4, -0.2) is 26.1 Å². The van der Waals surface area contributed by atoms with Crippen molar-refractivity contribution in [2.75, 3.05) is 7.05 Å². The van der Waals surface area contributed by atoms with Crippen molar-refractivity contribution in [3.63, 3.8) is 0 Å². The zero-order valence-corrected chi connectivity index (χ0v) is 10.7. The molecular weight excluding hydrogens is 220 g/mol. The summed E-state index contributed by atoms with van der Waals surface area (Å²) in [4.78, 5) is 3.57. The molecule has 4 nitrogen and oxygen atoms in total.